The van der Waals surface area contributed by atoms with E-state index in [0.717, 1.165) is 0 Å². The average Bonchev–Trinajstić information content (AvgIpc) is 3.56. The van der Waals surface area contributed by atoms with Gasteiger partial charge < -0.3 is 108 Å². The molecule has 5 saturated heterocycles. The summed E-state index contributed by atoms with van der Waals surface area (Å²) < 4.78 is 70.4. The number of rotatable bonds is 15. The fraction of sp³-hybridized carbons (Fsp3) is 0.759. The second-order valence-electron chi connectivity index (χ2n) is 21.8. The maximum Gasteiger partial charge on any atom is 0.303 e. The molecular formula is C54H80O25. The maximum absolute atomic E-state index is 14.8. The van der Waals surface area contributed by atoms with Gasteiger partial charge in [-0.25, -0.2) is 0 Å². The molecule has 22 unspecified atom stereocenters. The van der Waals surface area contributed by atoms with E-state index in [9.17, 15) is 65.4 Å². The molecule has 0 bridgehead atoms. The Balaban J connectivity index is 0.000000812. The lowest BCUT2D eigenvalue weighted by atomic mass is 9.75. The molecule has 5 aliphatic heterocycles. The number of methoxy groups -OCH3 is 2. The number of benzene rings is 2. The molecule has 0 spiro atoms. The van der Waals surface area contributed by atoms with Gasteiger partial charge in [-0.2, -0.15) is 0 Å². The number of fused-ring (bicyclic) bond motifs is 2. The van der Waals surface area contributed by atoms with Gasteiger partial charge in [0.25, 0.3) is 0 Å². The highest BCUT2D eigenvalue weighted by molar-refractivity contribution is 6.11. The Morgan fingerprint density at radius 3 is 1.92 bits per heavy atom. The molecule has 8 rings (SSSR count). The topological polar surface area (TPSA) is 364 Å². The van der Waals surface area contributed by atoms with Crippen molar-refractivity contribution in [2.24, 2.45) is 5.92 Å². The quantitative estimate of drug-likeness (QED) is 0.107. The summed E-state index contributed by atoms with van der Waals surface area (Å²) in [6, 6.07) is 4.20. The highest BCUT2D eigenvalue weighted by atomic mass is 16.7. The Kier molecular flexibility index (Phi) is 20.8. The highest BCUT2D eigenvalue weighted by Crippen LogP contribution is 2.46. The summed E-state index contributed by atoms with van der Waals surface area (Å²) >= 11 is 0. The number of hydrogen-bond acceptors (Lipinski definition) is 25. The van der Waals surface area contributed by atoms with Gasteiger partial charge in [0, 0.05) is 71.8 Å². The minimum atomic E-state index is -1.92. The lowest BCUT2D eigenvalue weighted by molar-refractivity contribution is -0.311. The molecule has 25 heteroatoms. The van der Waals surface area contributed by atoms with Crippen LogP contribution in [0.4, 0.5) is 0 Å². The third-order valence-electron chi connectivity index (χ3n) is 15.7. The van der Waals surface area contributed by atoms with Crippen molar-refractivity contribution in [1.82, 2.24) is 0 Å². The van der Waals surface area contributed by atoms with E-state index in [0.29, 0.717) is 13.0 Å². The molecule has 0 amide bonds. The number of aliphatic hydroxyl groups is 8. The Morgan fingerprint density at radius 1 is 0.734 bits per heavy atom. The molecule has 24 atom stereocenters. The van der Waals surface area contributed by atoms with Crippen LogP contribution in [0.15, 0.2) is 18.2 Å². The molecule has 0 aromatic heterocycles. The molecule has 5 fully saturated rings. The van der Waals surface area contributed by atoms with Crippen LogP contribution in [0.1, 0.15) is 103 Å². The summed E-state index contributed by atoms with van der Waals surface area (Å²) in [4.78, 5) is 40.8. The third-order valence-corrected chi connectivity index (χ3v) is 15.7. The maximum atomic E-state index is 14.8. The van der Waals surface area contributed by atoms with E-state index in [1.807, 2.05) is 0 Å². The third kappa shape index (κ3) is 14.2. The average molecular weight is 1130 g/mol. The van der Waals surface area contributed by atoms with E-state index in [4.69, 9.17) is 56.8 Å². The zero-order valence-electron chi connectivity index (χ0n) is 46.1. The second kappa shape index (κ2) is 26.2. The number of ether oxygens (including phenoxy) is 12. The number of Topliss-reactive ketones (excluding diaryl/α,β-unsaturated/α-hetero) is 2. The van der Waals surface area contributed by atoms with E-state index < -0.39 is 169 Å². The molecule has 446 valence electrons. The molecule has 79 heavy (non-hydrogen) atoms. The van der Waals surface area contributed by atoms with E-state index in [2.05, 4.69) is 0 Å². The van der Waals surface area contributed by atoms with Crippen LogP contribution in [0.5, 0.6) is 17.2 Å². The molecule has 25 nitrogen and oxygen atoms in total. The molecule has 2 aromatic rings. The second-order valence-corrected chi connectivity index (χ2v) is 21.8. The number of phenolic OH excluding ortho intramolecular Hbond substituents is 2. The molecule has 6 aliphatic rings. The molecule has 0 saturated carbocycles. The van der Waals surface area contributed by atoms with Gasteiger partial charge in [0.2, 0.25) is 6.29 Å². The van der Waals surface area contributed by atoms with Gasteiger partial charge in [-0.1, -0.05) is 0 Å². The number of phenols is 2. The van der Waals surface area contributed by atoms with E-state index in [1.165, 1.54) is 53.2 Å². The fourth-order valence-electron chi connectivity index (χ4n) is 11.3. The first-order chi connectivity index (χ1) is 37.1. The normalized spacial score (nSPS) is 40.1. The number of aliphatic hydroxyl groups excluding tert-OH is 7. The number of hydrogen-bond donors (Lipinski definition) is 10. The largest absolute Gasteiger partial charge is 0.507 e. The summed E-state index contributed by atoms with van der Waals surface area (Å²) in [5.74, 6) is -4.67. The minimum Gasteiger partial charge on any atom is -0.507 e. The SMILES string of the molecule is CC1OCCC(C)(O)C1O.COC(C(=O)[C@H](O)[C@H](C)O)C1Cc2cc3cc(OC4CC(OC(C)=O)C(OC5CC(O)C(OC)C(C)O5)C(C)O4)cc(O)c3c(O)c2C(=O)C1OC1CC(OC2CC(O)C(O)C(C)O2)C(O)C(C)O1. The number of carbonyl (C=O) groups excluding carboxylic acids is 3. The van der Waals surface area contributed by atoms with Crippen molar-refractivity contribution in [1.29, 1.82) is 0 Å². The van der Waals surface area contributed by atoms with Gasteiger partial charge in [-0.15, -0.1) is 0 Å². The standard InChI is InChI=1S/C47H66O22.C7H14O3/c1-17(48)38(53)43(58)46(60-8)26-11-24-9-23-10-25(66-34-16-31(65-22(6)49)45(21(5)64-34)68-33-14-29(52)44(59-7)20(4)63-33)12-27(50)36(23)41(56)37(24)42(57)47(26)69-35-15-30(40(55)19(3)62-35)67-32-13-28(51)39(54)18(2)61-32;1-5-6(8)7(2,9)3-4-10-5/h9-10,12,17-21,26,28-35,38-40,44-48,50-56H,11,13-16H2,1-8H3;5-6,8-9H,3-4H2,1-2H3/t17-,18?,19?,20?,21?,26?,28?,29?,30?,31?,32?,33?,34?,35?,38+,39?,40?,44?,45?,46?,47?;/m0./s1. The van der Waals surface area contributed by atoms with Crippen molar-refractivity contribution in [2.75, 3.05) is 20.8 Å². The Morgan fingerprint density at radius 2 is 1.33 bits per heavy atom. The van der Waals surface area contributed by atoms with Crippen LogP contribution >= 0.6 is 0 Å². The van der Waals surface area contributed by atoms with Gasteiger partial charge in [-0.3, -0.25) is 14.4 Å². The smallest absolute Gasteiger partial charge is 0.303 e. The predicted molar refractivity (Wildman–Crippen MR) is 270 cm³/mol. The van der Waals surface area contributed by atoms with Crippen LogP contribution in [0.2, 0.25) is 0 Å². The molecular weight excluding hydrogens is 1050 g/mol. The first-order valence-electron chi connectivity index (χ1n) is 26.8. The van der Waals surface area contributed by atoms with E-state index in [1.54, 1.807) is 34.6 Å². The summed E-state index contributed by atoms with van der Waals surface area (Å²) in [6.07, 6.45) is -22.6. The minimum absolute atomic E-state index is 0.0349. The zero-order valence-corrected chi connectivity index (χ0v) is 46.1. The van der Waals surface area contributed by atoms with Crippen molar-refractivity contribution in [3.8, 4) is 17.2 Å². The van der Waals surface area contributed by atoms with Crippen LogP contribution in [-0.2, 0) is 68.1 Å². The summed E-state index contributed by atoms with van der Waals surface area (Å²) in [5, 5.41) is 105. The van der Waals surface area contributed by atoms with Gasteiger partial charge in [0.05, 0.1) is 71.5 Å². The Labute approximate surface area is 457 Å². The first kappa shape index (κ1) is 62.8. The summed E-state index contributed by atoms with van der Waals surface area (Å²) in [5.41, 5.74) is -1.01. The number of aromatic hydroxyl groups is 2. The number of carbonyl (C=O) groups is 3. The van der Waals surface area contributed by atoms with Gasteiger partial charge in [0.1, 0.15) is 72.2 Å². The van der Waals surface area contributed by atoms with Crippen LogP contribution in [0.25, 0.3) is 10.8 Å². The molecule has 0 radical (unpaired) electrons. The van der Waals surface area contributed by atoms with E-state index in [-0.39, 0.29) is 65.9 Å². The van der Waals surface area contributed by atoms with Crippen LogP contribution in [-0.4, -0.2) is 230 Å². The highest BCUT2D eigenvalue weighted by Gasteiger charge is 2.51. The van der Waals surface area contributed by atoms with Gasteiger partial charge in [0.15, 0.2) is 30.4 Å². The van der Waals surface area contributed by atoms with Crippen molar-refractivity contribution >= 4 is 28.3 Å². The Hall–Kier alpha value is -3.81. The molecule has 10 N–H and O–H groups in total. The van der Waals surface area contributed by atoms with Gasteiger partial charge >= 0.3 is 5.97 Å². The van der Waals surface area contributed by atoms with Crippen molar-refractivity contribution in [3.05, 3.63) is 29.3 Å². The summed E-state index contributed by atoms with van der Waals surface area (Å²) in [6.45, 7) is 12.9. The van der Waals surface area contributed by atoms with Crippen LogP contribution < -0.4 is 4.74 Å². The molecule has 1 aliphatic carbocycles. The first-order valence-corrected chi connectivity index (χ1v) is 26.8. The number of ketones is 2. The van der Waals surface area contributed by atoms with E-state index >= 15 is 0 Å². The zero-order chi connectivity index (χ0) is 58.1. The lowest BCUT2D eigenvalue weighted by Crippen LogP contribution is -2.56. The van der Waals surface area contributed by atoms with Gasteiger partial charge in [-0.05, 0) is 78.0 Å². The van der Waals surface area contributed by atoms with Crippen molar-refractivity contribution in [3.63, 3.8) is 0 Å². The van der Waals surface area contributed by atoms with Crippen molar-refractivity contribution < 1.29 is 122 Å². The Bertz CT molecular complexity index is 2380. The van der Waals surface area contributed by atoms with Crippen molar-refractivity contribution in [2.45, 2.75) is 235 Å². The monoisotopic (exact) mass is 1130 g/mol. The molecule has 5 heterocycles. The number of esters is 1. The predicted octanol–water partition coefficient (Wildman–Crippen LogP) is 0.303. The van der Waals surface area contributed by atoms with Crippen LogP contribution in [0.3, 0.4) is 0 Å². The lowest BCUT2D eigenvalue weighted by Gasteiger charge is -2.43. The fourth-order valence-corrected chi connectivity index (χ4v) is 11.3. The summed E-state index contributed by atoms with van der Waals surface area (Å²) in [7, 11) is 2.66. The van der Waals surface area contributed by atoms with Crippen LogP contribution in [0, 0.1) is 5.92 Å². The molecule has 2 aromatic carbocycles.